The molecule has 5 nitrogen and oxygen atoms in total. The van der Waals surface area contributed by atoms with E-state index in [1.54, 1.807) is 31.5 Å². The van der Waals surface area contributed by atoms with Gasteiger partial charge < -0.3 is 5.73 Å². The highest BCUT2D eigenvalue weighted by Crippen LogP contribution is 2.05. The number of carbonyl (C=O) groups excluding carboxylic acids is 1. The van der Waals surface area contributed by atoms with Crippen LogP contribution >= 0.6 is 0 Å². The molecule has 0 spiro atoms. The monoisotopic (exact) mass is 204 g/mol. The van der Waals surface area contributed by atoms with Gasteiger partial charge >= 0.3 is 0 Å². The molecule has 0 unspecified atom stereocenters. The van der Waals surface area contributed by atoms with E-state index in [1.807, 2.05) is 0 Å². The molecular weight excluding hydrogens is 192 g/mol. The first-order valence-electron chi connectivity index (χ1n) is 4.34. The maximum Gasteiger partial charge on any atom is 0.219 e. The van der Waals surface area contributed by atoms with Crippen molar-refractivity contribution in [1.29, 1.82) is 0 Å². The predicted octanol–water partition coefficient (Wildman–Crippen LogP) is 0.816. The fourth-order valence-corrected chi connectivity index (χ4v) is 0.878. The molecule has 0 aliphatic rings. The molecule has 0 saturated heterocycles. The summed E-state index contributed by atoms with van der Waals surface area (Å²) >= 11 is 0. The largest absolute Gasteiger partial charge is 0.402 e. The van der Waals surface area contributed by atoms with Crippen molar-refractivity contribution < 1.29 is 4.79 Å². The minimum atomic E-state index is 0.465. The van der Waals surface area contributed by atoms with Crippen molar-refractivity contribution in [3.8, 4) is 0 Å². The van der Waals surface area contributed by atoms with Crippen molar-refractivity contribution in [1.82, 2.24) is 9.97 Å². The normalized spacial score (nSPS) is 11.7. The molecule has 1 amide bonds. The zero-order chi connectivity index (χ0) is 11.1. The van der Waals surface area contributed by atoms with Gasteiger partial charge in [0.1, 0.15) is 0 Å². The van der Waals surface area contributed by atoms with E-state index in [1.165, 1.54) is 17.3 Å². The van der Waals surface area contributed by atoms with Crippen LogP contribution in [0.15, 0.2) is 42.6 Å². The van der Waals surface area contributed by atoms with E-state index in [0.717, 1.165) is 0 Å². The highest BCUT2D eigenvalue weighted by atomic mass is 16.1. The van der Waals surface area contributed by atoms with Gasteiger partial charge in [0.15, 0.2) is 5.82 Å². The van der Waals surface area contributed by atoms with Gasteiger partial charge in [-0.15, -0.1) is 0 Å². The van der Waals surface area contributed by atoms with E-state index >= 15 is 0 Å². The summed E-state index contributed by atoms with van der Waals surface area (Å²) in [4.78, 5) is 19.9. The lowest BCUT2D eigenvalue weighted by molar-refractivity contribution is -0.107. The lowest BCUT2D eigenvalue weighted by atomic mass is 10.4. The van der Waals surface area contributed by atoms with Gasteiger partial charge in [0.25, 0.3) is 0 Å². The van der Waals surface area contributed by atoms with E-state index in [2.05, 4.69) is 9.97 Å². The summed E-state index contributed by atoms with van der Waals surface area (Å²) in [6.07, 6.45) is 10.1. The molecule has 0 aromatic carbocycles. The number of rotatable bonds is 4. The summed E-state index contributed by atoms with van der Waals surface area (Å²) in [5, 5.41) is 0. The summed E-state index contributed by atoms with van der Waals surface area (Å²) in [6.45, 7) is 1.76. The van der Waals surface area contributed by atoms with Gasteiger partial charge in [0.05, 0.1) is 6.20 Å². The van der Waals surface area contributed by atoms with E-state index in [9.17, 15) is 4.79 Å². The van der Waals surface area contributed by atoms with Crippen molar-refractivity contribution in [3.05, 3.63) is 42.6 Å². The SMILES string of the molecule is C/C(N)=C\C=C/N(C=O)c1cnccn1. The third-order valence-electron chi connectivity index (χ3n) is 1.53. The highest BCUT2D eigenvalue weighted by molar-refractivity contribution is 5.75. The first-order valence-corrected chi connectivity index (χ1v) is 4.34. The molecule has 5 heteroatoms. The summed E-state index contributed by atoms with van der Waals surface area (Å²) in [7, 11) is 0. The Bertz CT molecular complexity index is 368. The lowest BCUT2D eigenvalue weighted by Gasteiger charge is -2.08. The van der Waals surface area contributed by atoms with Crippen molar-refractivity contribution in [2.75, 3.05) is 4.90 Å². The van der Waals surface area contributed by atoms with Crippen LogP contribution in [0, 0.1) is 0 Å². The zero-order valence-corrected chi connectivity index (χ0v) is 8.37. The molecule has 1 aromatic rings. The third kappa shape index (κ3) is 3.60. The van der Waals surface area contributed by atoms with Crippen LogP contribution in [0.1, 0.15) is 6.92 Å². The zero-order valence-electron chi connectivity index (χ0n) is 8.37. The standard InChI is InChI=1S/C10H12N4O/c1-9(11)3-2-6-14(8-15)10-7-12-4-5-13-10/h2-8H,11H2,1H3/b6-2-,9-3+. The highest BCUT2D eigenvalue weighted by Gasteiger charge is 2.00. The summed E-state index contributed by atoms with van der Waals surface area (Å²) in [5.74, 6) is 0.465. The molecule has 0 bridgehead atoms. The van der Waals surface area contributed by atoms with Crippen LogP contribution in [0.5, 0.6) is 0 Å². The van der Waals surface area contributed by atoms with Gasteiger partial charge in [-0.2, -0.15) is 0 Å². The van der Waals surface area contributed by atoms with Crippen LogP contribution in [0.3, 0.4) is 0 Å². The second-order valence-corrected chi connectivity index (χ2v) is 2.83. The number of nitrogens with zero attached hydrogens (tertiary/aromatic N) is 3. The Kier molecular flexibility index (Phi) is 4.03. The van der Waals surface area contributed by atoms with Crippen molar-refractivity contribution in [2.24, 2.45) is 5.73 Å². The Morgan fingerprint density at radius 1 is 1.53 bits per heavy atom. The topological polar surface area (TPSA) is 72.1 Å². The molecule has 0 aliphatic heterocycles. The van der Waals surface area contributed by atoms with E-state index < -0.39 is 0 Å². The molecular formula is C10H12N4O. The molecule has 0 fully saturated rings. The van der Waals surface area contributed by atoms with E-state index in [4.69, 9.17) is 5.73 Å². The average Bonchev–Trinajstić information content (AvgIpc) is 2.25. The first-order chi connectivity index (χ1) is 7.24. The van der Waals surface area contributed by atoms with Gasteiger partial charge in [-0.3, -0.25) is 14.7 Å². The molecule has 1 heterocycles. The molecule has 0 atom stereocenters. The molecule has 2 N–H and O–H groups in total. The number of carbonyl (C=O) groups is 1. The Hall–Kier alpha value is -2.17. The van der Waals surface area contributed by atoms with Gasteiger partial charge in [-0.05, 0) is 19.1 Å². The molecule has 15 heavy (non-hydrogen) atoms. The fraction of sp³-hybridized carbons (Fsp3) is 0.100. The van der Waals surface area contributed by atoms with Crippen LogP contribution in [0.4, 0.5) is 5.82 Å². The molecule has 1 aromatic heterocycles. The Labute approximate surface area is 87.9 Å². The van der Waals surface area contributed by atoms with Crippen LogP contribution in [0.2, 0.25) is 0 Å². The molecule has 0 saturated carbocycles. The Balaban J connectivity index is 2.78. The van der Waals surface area contributed by atoms with Crippen LogP contribution in [-0.4, -0.2) is 16.4 Å². The average molecular weight is 204 g/mol. The summed E-state index contributed by atoms with van der Waals surface area (Å²) in [6, 6.07) is 0. The van der Waals surface area contributed by atoms with Crippen LogP contribution in [0.25, 0.3) is 0 Å². The van der Waals surface area contributed by atoms with Gasteiger partial charge in [0, 0.05) is 24.3 Å². The van der Waals surface area contributed by atoms with Gasteiger partial charge in [0.2, 0.25) is 6.41 Å². The summed E-state index contributed by atoms with van der Waals surface area (Å²) in [5.41, 5.74) is 6.10. The minimum absolute atomic E-state index is 0.465. The number of aromatic nitrogens is 2. The maximum atomic E-state index is 10.7. The van der Waals surface area contributed by atoms with Gasteiger partial charge in [-0.25, -0.2) is 4.98 Å². The molecule has 78 valence electrons. The van der Waals surface area contributed by atoms with E-state index in [0.29, 0.717) is 17.9 Å². The molecule has 0 radical (unpaired) electrons. The van der Waals surface area contributed by atoms with Crippen molar-refractivity contribution >= 4 is 12.2 Å². The quantitative estimate of drug-likeness (QED) is 0.582. The van der Waals surface area contributed by atoms with Crippen molar-refractivity contribution in [2.45, 2.75) is 6.92 Å². The number of hydrogen-bond donors (Lipinski definition) is 1. The Morgan fingerprint density at radius 3 is 2.87 bits per heavy atom. The number of hydrogen-bond acceptors (Lipinski definition) is 4. The molecule has 0 aliphatic carbocycles. The maximum absolute atomic E-state index is 10.7. The Morgan fingerprint density at radius 2 is 2.33 bits per heavy atom. The van der Waals surface area contributed by atoms with E-state index in [-0.39, 0.29) is 0 Å². The summed E-state index contributed by atoms with van der Waals surface area (Å²) < 4.78 is 0. The fourth-order valence-electron chi connectivity index (χ4n) is 0.878. The number of anilines is 1. The van der Waals surface area contributed by atoms with Crippen molar-refractivity contribution in [3.63, 3.8) is 0 Å². The van der Waals surface area contributed by atoms with Gasteiger partial charge in [-0.1, -0.05) is 0 Å². The predicted molar refractivity (Wildman–Crippen MR) is 57.7 cm³/mol. The number of nitrogens with two attached hydrogens (primary N) is 1. The van der Waals surface area contributed by atoms with Crippen LogP contribution < -0.4 is 10.6 Å². The smallest absolute Gasteiger partial charge is 0.219 e. The molecule has 1 rings (SSSR count). The second kappa shape index (κ2) is 5.54. The number of amides is 1. The lowest BCUT2D eigenvalue weighted by Crippen LogP contribution is -2.14. The van der Waals surface area contributed by atoms with Crippen LogP contribution in [-0.2, 0) is 4.79 Å². The first kappa shape index (κ1) is 10.9. The third-order valence-corrected chi connectivity index (χ3v) is 1.53. The minimum Gasteiger partial charge on any atom is -0.402 e. The number of allylic oxidation sites excluding steroid dienone is 3. The second-order valence-electron chi connectivity index (χ2n) is 2.83.